The molecule has 0 fully saturated rings. The number of benzene rings is 1. The first-order chi connectivity index (χ1) is 6.65. The van der Waals surface area contributed by atoms with Crippen molar-refractivity contribution in [3.05, 3.63) is 28.2 Å². The van der Waals surface area contributed by atoms with Crippen LogP contribution in [0.15, 0.2) is 27.6 Å². The standard InChI is InChI=1S/C10H12BrNOS/c1-2-8-10(12)7-5-6(11)3-4-9(7)14(8)13/h3-5,8,10H,2,12H2,1H3. The van der Waals surface area contributed by atoms with E-state index in [1.54, 1.807) is 0 Å². The van der Waals surface area contributed by atoms with Gasteiger partial charge in [-0.3, -0.25) is 4.21 Å². The van der Waals surface area contributed by atoms with Crippen molar-refractivity contribution in [3.63, 3.8) is 0 Å². The summed E-state index contributed by atoms with van der Waals surface area (Å²) in [7, 11) is -0.920. The lowest BCUT2D eigenvalue weighted by molar-refractivity contribution is 0.632. The molecule has 1 aromatic rings. The minimum Gasteiger partial charge on any atom is -0.323 e. The topological polar surface area (TPSA) is 43.1 Å². The van der Waals surface area contributed by atoms with Crippen molar-refractivity contribution in [2.75, 3.05) is 0 Å². The molecular weight excluding hydrogens is 262 g/mol. The zero-order valence-corrected chi connectivity index (χ0v) is 10.3. The predicted octanol–water partition coefficient (Wildman–Crippen LogP) is 2.35. The maximum absolute atomic E-state index is 12.0. The quantitative estimate of drug-likeness (QED) is 0.854. The Morgan fingerprint density at radius 2 is 2.29 bits per heavy atom. The molecule has 1 aromatic carbocycles. The largest absolute Gasteiger partial charge is 0.323 e. The molecule has 0 saturated heterocycles. The zero-order valence-electron chi connectivity index (χ0n) is 7.87. The molecule has 0 saturated carbocycles. The van der Waals surface area contributed by atoms with E-state index in [2.05, 4.69) is 15.9 Å². The highest BCUT2D eigenvalue weighted by atomic mass is 79.9. The summed E-state index contributed by atoms with van der Waals surface area (Å²) < 4.78 is 13.0. The average Bonchev–Trinajstić information content (AvgIpc) is 2.39. The summed E-state index contributed by atoms with van der Waals surface area (Å²) in [5, 5.41) is 0.0827. The van der Waals surface area contributed by atoms with E-state index in [9.17, 15) is 4.21 Å². The number of nitrogens with two attached hydrogens (primary N) is 1. The molecule has 3 atom stereocenters. The van der Waals surface area contributed by atoms with Crippen molar-refractivity contribution in [3.8, 4) is 0 Å². The number of halogens is 1. The molecule has 0 spiro atoms. The molecule has 0 amide bonds. The summed E-state index contributed by atoms with van der Waals surface area (Å²) in [4.78, 5) is 0.910. The lowest BCUT2D eigenvalue weighted by Crippen LogP contribution is -2.22. The van der Waals surface area contributed by atoms with Gasteiger partial charge in [0.05, 0.1) is 16.0 Å². The second kappa shape index (κ2) is 3.76. The normalized spacial score (nSPS) is 30.4. The number of fused-ring (bicyclic) bond motifs is 1. The van der Waals surface area contributed by atoms with Crippen LogP contribution in [0.5, 0.6) is 0 Å². The van der Waals surface area contributed by atoms with Crippen LogP contribution >= 0.6 is 15.9 Å². The molecule has 0 aromatic heterocycles. The van der Waals surface area contributed by atoms with Gasteiger partial charge in [0.1, 0.15) is 0 Å². The van der Waals surface area contributed by atoms with Gasteiger partial charge in [-0.25, -0.2) is 0 Å². The number of hydrogen-bond donors (Lipinski definition) is 1. The van der Waals surface area contributed by atoms with E-state index in [1.807, 2.05) is 25.1 Å². The second-order valence-electron chi connectivity index (χ2n) is 3.45. The minimum atomic E-state index is -0.920. The molecule has 2 N–H and O–H groups in total. The van der Waals surface area contributed by atoms with Crippen LogP contribution in [-0.2, 0) is 10.8 Å². The second-order valence-corrected chi connectivity index (χ2v) is 6.01. The van der Waals surface area contributed by atoms with Crippen LogP contribution in [0.3, 0.4) is 0 Å². The van der Waals surface area contributed by atoms with E-state index in [0.29, 0.717) is 0 Å². The van der Waals surface area contributed by atoms with Gasteiger partial charge in [-0.1, -0.05) is 22.9 Å². The van der Waals surface area contributed by atoms with E-state index in [-0.39, 0.29) is 11.3 Å². The van der Waals surface area contributed by atoms with Crippen LogP contribution in [-0.4, -0.2) is 9.46 Å². The molecule has 2 rings (SSSR count). The maximum atomic E-state index is 12.0. The SMILES string of the molecule is CCC1C(N)c2cc(Br)ccc2S1=O. The number of rotatable bonds is 1. The Labute approximate surface area is 94.5 Å². The van der Waals surface area contributed by atoms with E-state index in [4.69, 9.17) is 5.73 Å². The fourth-order valence-electron chi connectivity index (χ4n) is 1.86. The first-order valence-corrected chi connectivity index (χ1v) is 6.61. The fraction of sp³-hybridized carbons (Fsp3) is 0.400. The van der Waals surface area contributed by atoms with Gasteiger partial charge in [0.2, 0.25) is 0 Å². The molecule has 0 radical (unpaired) electrons. The van der Waals surface area contributed by atoms with Gasteiger partial charge >= 0.3 is 0 Å². The van der Waals surface area contributed by atoms with Gasteiger partial charge < -0.3 is 5.73 Å². The van der Waals surface area contributed by atoms with Crippen LogP contribution in [0.4, 0.5) is 0 Å². The summed E-state index contributed by atoms with van der Waals surface area (Å²) in [6, 6.07) is 5.73. The Bertz CT molecular complexity index is 394. The van der Waals surface area contributed by atoms with Gasteiger partial charge in [-0.2, -0.15) is 0 Å². The molecule has 2 nitrogen and oxygen atoms in total. The molecule has 1 aliphatic rings. The highest BCUT2D eigenvalue weighted by Gasteiger charge is 2.35. The predicted molar refractivity (Wildman–Crippen MR) is 61.6 cm³/mol. The van der Waals surface area contributed by atoms with E-state index in [1.165, 1.54) is 0 Å². The molecule has 3 unspecified atom stereocenters. The molecule has 4 heteroatoms. The van der Waals surface area contributed by atoms with Gasteiger partial charge in [-0.05, 0) is 30.2 Å². The summed E-state index contributed by atoms with van der Waals surface area (Å²) in [5.41, 5.74) is 7.08. The Morgan fingerprint density at radius 1 is 1.57 bits per heavy atom. The summed E-state index contributed by atoms with van der Waals surface area (Å²) in [6.45, 7) is 2.03. The van der Waals surface area contributed by atoms with Crippen LogP contribution in [0, 0.1) is 0 Å². The highest BCUT2D eigenvalue weighted by Crippen LogP contribution is 2.37. The minimum absolute atomic E-state index is 0.0756. The van der Waals surface area contributed by atoms with E-state index >= 15 is 0 Å². The van der Waals surface area contributed by atoms with Gasteiger partial charge in [0.25, 0.3) is 0 Å². The molecule has 14 heavy (non-hydrogen) atoms. The van der Waals surface area contributed by atoms with Crippen LogP contribution in [0.1, 0.15) is 24.9 Å². The monoisotopic (exact) mass is 273 g/mol. The summed E-state index contributed by atoms with van der Waals surface area (Å²) in [6.07, 6.45) is 0.861. The molecule has 0 bridgehead atoms. The lowest BCUT2D eigenvalue weighted by Gasteiger charge is -2.11. The maximum Gasteiger partial charge on any atom is 0.0585 e. The molecule has 76 valence electrons. The van der Waals surface area contributed by atoms with E-state index < -0.39 is 10.8 Å². The Morgan fingerprint density at radius 3 is 2.93 bits per heavy atom. The van der Waals surface area contributed by atoms with Gasteiger partial charge in [0.15, 0.2) is 0 Å². The van der Waals surface area contributed by atoms with Crippen molar-refractivity contribution in [1.29, 1.82) is 0 Å². The fourth-order valence-corrected chi connectivity index (χ4v) is 3.91. The third kappa shape index (κ3) is 1.45. The van der Waals surface area contributed by atoms with Crippen LogP contribution < -0.4 is 5.73 Å². The third-order valence-corrected chi connectivity index (χ3v) is 5.10. The summed E-state index contributed by atoms with van der Waals surface area (Å²) in [5.74, 6) is 0. The van der Waals surface area contributed by atoms with Crippen molar-refractivity contribution >= 4 is 26.7 Å². The van der Waals surface area contributed by atoms with Crippen molar-refractivity contribution in [2.45, 2.75) is 29.5 Å². The van der Waals surface area contributed by atoms with Crippen molar-refractivity contribution in [1.82, 2.24) is 0 Å². The highest BCUT2D eigenvalue weighted by molar-refractivity contribution is 9.10. The lowest BCUT2D eigenvalue weighted by atomic mass is 10.0. The van der Waals surface area contributed by atoms with E-state index in [0.717, 1.165) is 21.4 Å². The smallest absolute Gasteiger partial charge is 0.0585 e. The van der Waals surface area contributed by atoms with Crippen molar-refractivity contribution in [2.24, 2.45) is 5.73 Å². The first kappa shape index (κ1) is 10.3. The third-order valence-electron chi connectivity index (χ3n) is 2.63. The van der Waals surface area contributed by atoms with Gasteiger partial charge in [0, 0.05) is 15.4 Å². The van der Waals surface area contributed by atoms with Crippen LogP contribution in [0.25, 0.3) is 0 Å². The Hall–Kier alpha value is -0.190. The zero-order chi connectivity index (χ0) is 10.3. The van der Waals surface area contributed by atoms with Crippen LogP contribution in [0.2, 0.25) is 0 Å². The Kier molecular flexibility index (Phi) is 2.77. The van der Waals surface area contributed by atoms with Gasteiger partial charge in [-0.15, -0.1) is 0 Å². The molecular formula is C10H12BrNOS. The molecule has 0 aliphatic carbocycles. The average molecular weight is 274 g/mol. The first-order valence-electron chi connectivity index (χ1n) is 4.60. The molecule has 1 aliphatic heterocycles. The molecule has 1 heterocycles. The number of hydrogen-bond acceptors (Lipinski definition) is 2. The summed E-state index contributed by atoms with van der Waals surface area (Å²) >= 11 is 3.40. The Balaban J connectivity index is 2.52. The van der Waals surface area contributed by atoms with Crippen molar-refractivity contribution < 1.29 is 4.21 Å².